The van der Waals surface area contributed by atoms with E-state index < -0.39 is 35.2 Å². The van der Waals surface area contributed by atoms with Gasteiger partial charge in [0.05, 0.1) is 0 Å². The first-order chi connectivity index (χ1) is 12.8. The average molecular weight is 389 g/mol. The van der Waals surface area contributed by atoms with E-state index in [0.29, 0.717) is 5.56 Å². The van der Waals surface area contributed by atoms with Crippen molar-refractivity contribution in [2.24, 2.45) is 7.05 Å². The van der Waals surface area contributed by atoms with Gasteiger partial charge in [0.1, 0.15) is 11.1 Å². The fraction of sp³-hybridized carbons (Fsp3) is 0.450. The number of fused-ring (bicyclic) bond motifs is 1. The van der Waals surface area contributed by atoms with E-state index in [-0.39, 0.29) is 0 Å². The Bertz CT molecular complexity index is 908. The number of hydrogen-bond donors (Lipinski definition) is 3. The topological polar surface area (TPSA) is 110 Å². The van der Waals surface area contributed by atoms with Crippen LogP contribution in [-0.4, -0.2) is 38.8 Å². The highest BCUT2D eigenvalue weighted by Gasteiger charge is 2.35. The second-order valence-electron chi connectivity index (χ2n) is 8.21. The zero-order valence-corrected chi connectivity index (χ0v) is 17.0. The van der Waals surface area contributed by atoms with Crippen molar-refractivity contribution in [1.29, 1.82) is 0 Å². The Balaban J connectivity index is 2.25. The number of benzene rings is 1. The van der Waals surface area contributed by atoms with Crippen molar-refractivity contribution in [1.82, 2.24) is 15.2 Å². The number of carboxylic acid groups (broad SMARTS) is 1. The molecule has 0 aliphatic heterocycles. The number of carbonyl (C=O) groups excluding carboxylic acids is 2. The lowest BCUT2D eigenvalue weighted by molar-refractivity contribution is -0.142. The minimum absolute atomic E-state index is 0.465. The Morgan fingerprint density at radius 2 is 1.71 bits per heavy atom. The number of alkyl carbamates (subject to hydrolysis) is 1. The van der Waals surface area contributed by atoms with E-state index in [2.05, 4.69) is 10.6 Å². The van der Waals surface area contributed by atoms with E-state index in [1.165, 1.54) is 13.8 Å². The van der Waals surface area contributed by atoms with Crippen LogP contribution in [0.1, 0.15) is 46.2 Å². The van der Waals surface area contributed by atoms with E-state index in [4.69, 9.17) is 4.74 Å². The van der Waals surface area contributed by atoms with Gasteiger partial charge in [-0.25, -0.2) is 9.59 Å². The van der Waals surface area contributed by atoms with Crippen molar-refractivity contribution in [3.8, 4) is 0 Å². The third-order valence-corrected chi connectivity index (χ3v) is 4.14. The fourth-order valence-electron chi connectivity index (χ4n) is 2.80. The van der Waals surface area contributed by atoms with E-state index in [1.54, 1.807) is 50.7 Å². The number of aliphatic carboxylic acids is 1. The van der Waals surface area contributed by atoms with Gasteiger partial charge in [0.25, 0.3) is 0 Å². The van der Waals surface area contributed by atoms with Gasteiger partial charge in [-0.05, 0) is 40.7 Å². The monoisotopic (exact) mass is 389 g/mol. The zero-order chi connectivity index (χ0) is 21.3. The quantitative estimate of drug-likeness (QED) is 0.728. The van der Waals surface area contributed by atoms with Gasteiger partial charge in [-0.3, -0.25) is 4.79 Å². The molecule has 1 aromatic carbocycles. The van der Waals surface area contributed by atoms with Gasteiger partial charge in [0.15, 0.2) is 6.04 Å². The molecule has 1 unspecified atom stereocenters. The molecular formula is C20H27N3O5. The molecule has 1 aromatic heterocycles. The van der Waals surface area contributed by atoms with Crippen LogP contribution in [0.25, 0.3) is 10.9 Å². The van der Waals surface area contributed by atoms with E-state index in [0.717, 1.165) is 10.9 Å². The molecule has 2 amide bonds. The maximum Gasteiger partial charge on any atom is 0.408 e. The summed E-state index contributed by atoms with van der Waals surface area (Å²) in [5.74, 6) is -1.84. The van der Waals surface area contributed by atoms with Gasteiger partial charge < -0.3 is 25.0 Å². The van der Waals surface area contributed by atoms with E-state index in [1.807, 2.05) is 12.1 Å². The van der Waals surface area contributed by atoms with Gasteiger partial charge in [-0.15, -0.1) is 0 Å². The van der Waals surface area contributed by atoms with Gasteiger partial charge in [-0.1, -0.05) is 18.2 Å². The molecule has 2 rings (SSSR count). The lowest BCUT2D eigenvalue weighted by Gasteiger charge is -2.28. The molecular weight excluding hydrogens is 362 g/mol. The minimum atomic E-state index is -1.37. The molecule has 0 spiro atoms. The molecule has 0 saturated carbocycles. The molecule has 8 nitrogen and oxygen atoms in total. The molecule has 0 radical (unpaired) electrons. The molecule has 8 heteroatoms. The van der Waals surface area contributed by atoms with Gasteiger partial charge in [0.2, 0.25) is 5.91 Å². The van der Waals surface area contributed by atoms with Crippen LogP contribution in [0.4, 0.5) is 4.79 Å². The van der Waals surface area contributed by atoms with Crippen LogP contribution in [0, 0.1) is 0 Å². The summed E-state index contributed by atoms with van der Waals surface area (Å²) in [7, 11) is 1.81. The molecule has 1 heterocycles. The highest BCUT2D eigenvalue weighted by molar-refractivity contribution is 5.95. The fourth-order valence-corrected chi connectivity index (χ4v) is 2.80. The molecule has 2 aromatic rings. The molecule has 0 aliphatic rings. The lowest BCUT2D eigenvalue weighted by Crippen LogP contribution is -2.56. The van der Waals surface area contributed by atoms with Crippen LogP contribution in [-0.2, 0) is 21.4 Å². The van der Waals surface area contributed by atoms with E-state index >= 15 is 0 Å². The van der Waals surface area contributed by atoms with Crippen LogP contribution in [0.15, 0.2) is 30.5 Å². The van der Waals surface area contributed by atoms with Crippen LogP contribution < -0.4 is 10.6 Å². The Hall–Kier alpha value is -3.03. The largest absolute Gasteiger partial charge is 0.479 e. The number of amides is 2. The number of nitrogens with one attached hydrogen (secondary N) is 2. The maximum absolute atomic E-state index is 12.7. The van der Waals surface area contributed by atoms with Crippen molar-refractivity contribution in [2.45, 2.75) is 51.8 Å². The highest BCUT2D eigenvalue weighted by Crippen LogP contribution is 2.26. The molecule has 1 atom stereocenters. The van der Waals surface area contributed by atoms with Crippen molar-refractivity contribution in [2.75, 3.05) is 0 Å². The summed E-state index contributed by atoms with van der Waals surface area (Å²) in [5, 5.41) is 15.4. The molecule has 3 N–H and O–H groups in total. The Morgan fingerprint density at radius 1 is 1.11 bits per heavy atom. The third-order valence-electron chi connectivity index (χ3n) is 4.14. The summed E-state index contributed by atoms with van der Waals surface area (Å²) in [6, 6.07) is 6.07. The summed E-state index contributed by atoms with van der Waals surface area (Å²) in [6.07, 6.45) is 0.919. The smallest absolute Gasteiger partial charge is 0.408 e. The van der Waals surface area contributed by atoms with Gasteiger partial charge in [0, 0.05) is 29.7 Å². The molecule has 0 aliphatic carbocycles. The summed E-state index contributed by atoms with van der Waals surface area (Å²) in [5.41, 5.74) is -0.778. The number of ether oxygens (including phenoxy) is 1. The Kier molecular flexibility index (Phi) is 5.72. The number of aryl methyl sites for hydroxylation is 1. The predicted octanol–water partition coefficient (Wildman–Crippen LogP) is 2.72. The highest BCUT2D eigenvalue weighted by atomic mass is 16.6. The lowest BCUT2D eigenvalue weighted by atomic mass is 10.0. The standard InChI is InChI=1S/C20H27N3O5/c1-19(2,3)28-18(27)22-20(4,5)17(26)21-15(16(24)25)13-11-23(6)14-10-8-7-9-12(13)14/h7-11,15H,1-6H3,(H,21,26)(H,22,27)(H,24,25). The van der Waals surface area contributed by atoms with Gasteiger partial charge >= 0.3 is 12.1 Å². The zero-order valence-electron chi connectivity index (χ0n) is 17.0. The number of carbonyl (C=O) groups is 3. The summed E-state index contributed by atoms with van der Waals surface area (Å²) >= 11 is 0. The molecule has 152 valence electrons. The first kappa shape index (κ1) is 21.3. The van der Waals surface area contributed by atoms with Crippen LogP contribution >= 0.6 is 0 Å². The SMILES string of the molecule is Cn1cc(C(NC(=O)C(C)(C)NC(=O)OC(C)(C)C)C(=O)O)c2ccccc21. The van der Waals surface area contributed by atoms with Crippen LogP contribution in [0.3, 0.4) is 0 Å². The molecule has 0 saturated heterocycles. The molecule has 0 bridgehead atoms. The first-order valence-corrected chi connectivity index (χ1v) is 8.91. The average Bonchev–Trinajstić information content (AvgIpc) is 2.86. The van der Waals surface area contributed by atoms with Crippen molar-refractivity contribution < 1.29 is 24.2 Å². The second-order valence-corrected chi connectivity index (χ2v) is 8.21. The minimum Gasteiger partial charge on any atom is -0.479 e. The van der Waals surface area contributed by atoms with Crippen molar-refractivity contribution in [3.05, 3.63) is 36.0 Å². The summed E-state index contributed by atoms with van der Waals surface area (Å²) in [6.45, 7) is 8.09. The third kappa shape index (κ3) is 4.82. The number of para-hydroxylation sites is 1. The Labute approximate surface area is 163 Å². The van der Waals surface area contributed by atoms with Crippen molar-refractivity contribution >= 4 is 28.9 Å². The van der Waals surface area contributed by atoms with Crippen molar-refractivity contribution in [3.63, 3.8) is 0 Å². The maximum atomic E-state index is 12.7. The summed E-state index contributed by atoms with van der Waals surface area (Å²) in [4.78, 5) is 36.6. The normalized spacial score (nSPS) is 13.1. The molecule has 0 fully saturated rings. The first-order valence-electron chi connectivity index (χ1n) is 8.91. The number of nitrogens with zero attached hydrogens (tertiary/aromatic N) is 1. The number of carboxylic acids is 1. The van der Waals surface area contributed by atoms with Crippen LogP contribution in [0.5, 0.6) is 0 Å². The summed E-state index contributed by atoms with van der Waals surface area (Å²) < 4.78 is 6.97. The number of aromatic nitrogens is 1. The van der Waals surface area contributed by atoms with E-state index in [9.17, 15) is 19.5 Å². The molecule has 28 heavy (non-hydrogen) atoms. The Morgan fingerprint density at radius 3 is 2.29 bits per heavy atom. The second kappa shape index (κ2) is 7.53. The number of hydrogen-bond acceptors (Lipinski definition) is 4. The predicted molar refractivity (Wildman–Crippen MR) is 105 cm³/mol. The van der Waals surface area contributed by atoms with Crippen LogP contribution in [0.2, 0.25) is 0 Å². The number of rotatable bonds is 5. The van der Waals surface area contributed by atoms with Gasteiger partial charge in [-0.2, -0.15) is 0 Å².